The van der Waals surface area contributed by atoms with Gasteiger partial charge in [0.15, 0.2) is 0 Å². The van der Waals surface area contributed by atoms with Crippen molar-refractivity contribution in [1.82, 2.24) is 4.98 Å². The van der Waals surface area contributed by atoms with E-state index >= 15 is 0 Å². The van der Waals surface area contributed by atoms with E-state index < -0.39 is 24.0 Å². The van der Waals surface area contributed by atoms with Gasteiger partial charge in [-0.05, 0) is 0 Å². The second-order valence-corrected chi connectivity index (χ2v) is 19.5. The van der Waals surface area contributed by atoms with Gasteiger partial charge in [0.05, 0.1) is 0 Å². The van der Waals surface area contributed by atoms with Crippen LogP contribution in [0.2, 0.25) is 14.8 Å². The second kappa shape index (κ2) is 3.81. The van der Waals surface area contributed by atoms with E-state index in [0.717, 1.165) is 5.56 Å². The Kier molecular flexibility index (Phi) is 3.26. The average Bonchev–Trinajstić information content (AvgIpc) is 2.01. The SMILES string of the molecule is CC(C)(O)c1cc[c]([Sn]([CH3])([CH3])[CH3])nc1. The summed E-state index contributed by atoms with van der Waals surface area (Å²) in [5, 5.41) is 9.76. The van der Waals surface area contributed by atoms with Crippen molar-refractivity contribution >= 4 is 22.1 Å². The van der Waals surface area contributed by atoms with Gasteiger partial charge >= 0.3 is 90.3 Å². The summed E-state index contributed by atoms with van der Waals surface area (Å²) in [6.07, 6.45) is 1.80. The van der Waals surface area contributed by atoms with Crippen molar-refractivity contribution in [2.45, 2.75) is 34.3 Å². The third kappa shape index (κ3) is 2.95. The zero-order valence-electron chi connectivity index (χ0n) is 9.63. The molecule has 0 amide bonds. The molecule has 0 saturated carbocycles. The second-order valence-electron chi connectivity index (χ2n) is 5.24. The van der Waals surface area contributed by atoms with Gasteiger partial charge in [0.1, 0.15) is 0 Å². The van der Waals surface area contributed by atoms with Crippen molar-refractivity contribution in [3.63, 3.8) is 0 Å². The van der Waals surface area contributed by atoms with Gasteiger partial charge in [-0.1, -0.05) is 0 Å². The number of hydrogen-bond donors (Lipinski definition) is 1. The van der Waals surface area contributed by atoms with E-state index in [1.54, 1.807) is 20.0 Å². The van der Waals surface area contributed by atoms with Crippen LogP contribution in [0, 0.1) is 0 Å². The first-order valence-corrected chi connectivity index (χ1v) is 14.9. The van der Waals surface area contributed by atoms with Crippen LogP contribution in [0.1, 0.15) is 19.4 Å². The standard InChI is InChI=1S/C8H10NO.3CH3.Sn/c1-8(2,10)7-4-3-5-9-6-7;;;;/h3-4,6,10H,1-2H3;3*1H3;. The van der Waals surface area contributed by atoms with Crippen molar-refractivity contribution < 1.29 is 5.11 Å². The van der Waals surface area contributed by atoms with Crippen molar-refractivity contribution in [3.8, 4) is 0 Å². The summed E-state index contributed by atoms with van der Waals surface area (Å²) in [5.74, 6) is 0. The van der Waals surface area contributed by atoms with Crippen LogP contribution in [0.15, 0.2) is 18.3 Å². The summed E-state index contributed by atoms with van der Waals surface area (Å²) in [4.78, 5) is 11.5. The number of pyridine rings is 1. The van der Waals surface area contributed by atoms with Crippen molar-refractivity contribution in [2.75, 3.05) is 0 Å². The summed E-state index contributed by atoms with van der Waals surface area (Å²) in [6.45, 7) is 3.56. The predicted molar refractivity (Wildman–Crippen MR) is 62.5 cm³/mol. The van der Waals surface area contributed by atoms with Gasteiger partial charge in [0, 0.05) is 0 Å². The van der Waals surface area contributed by atoms with Crippen LogP contribution in [0.4, 0.5) is 0 Å². The number of rotatable bonds is 2. The Hall–Kier alpha value is -0.0913. The van der Waals surface area contributed by atoms with Gasteiger partial charge in [-0.2, -0.15) is 0 Å². The fourth-order valence-electron chi connectivity index (χ4n) is 1.20. The van der Waals surface area contributed by atoms with Crippen molar-refractivity contribution in [3.05, 3.63) is 23.9 Å². The molecule has 2 nitrogen and oxygen atoms in total. The van der Waals surface area contributed by atoms with Gasteiger partial charge in [0.2, 0.25) is 0 Å². The molecule has 3 heteroatoms. The molecule has 1 rings (SSSR count). The molecule has 1 aromatic rings. The fraction of sp³-hybridized carbons (Fsp3) is 0.545. The zero-order valence-corrected chi connectivity index (χ0v) is 12.5. The maximum atomic E-state index is 9.76. The van der Waals surface area contributed by atoms with Crippen LogP contribution in [0.5, 0.6) is 0 Å². The normalized spacial score (nSPS) is 13.0. The van der Waals surface area contributed by atoms with Crippen LogP contribution in [0.3, 0.4) is 0 Å². The minimum atomic E-state index is -2.01. The van der Waals surface area contributed by atoms with Gasteiger partial charge in [0.25, 0.3) is 0 Å². The van der Waals surface area contributed by atoms with Gasteiger partial charge in [-0.15, -0.1) is 0 Å². The Bertz CT molecular complexity index is 273. The molecule has 0 fully saturated rings. The summed E-state index contributed by atoms with van der Waals surface area (Å²) < 4.78 is 1.26. The molecule has 1 N–H and O–H groups in total. The van der Waals surface area contributed by atoms with E-state index in [2.05, 4.69) is 25.9 Å². The molecule has 0 aliphatic rings. The molecule has 0 aromatic carbocycles. The molecule has 0 spiro atoms. The van der Waals surface area contributed by atoms with E-state index in [9.17, 15) is 5.11 Å². The number of hydrogen-bond acceptors (Lipinski definition) is 2. The fourth-order valence-corrected chi connectivity index (χ4v) is 4.15. The Morgan fingerprint density at radius 2 is 1.79 bits per heavy atom. The zero-order chi connectivity index (χ0) is 11.0. The Morgan fingerprint density at radius 3 is 2.07 bits per heavy atom. The molecule has 0 radical (unpaired) electrons. The molecule has 0 atom stereocenters. The van der Waals surface area contributed by atoms with E-state index in [1.807, 2.05) is 6.07 Å². The molecule has 0 saturated heterocycles. The van der Waals surface area contributed by atoms with Gasteiger partial charge in [-0.25, -0.2) is 0 Å². The van der Waals surface area contributed by atoms with E-state index in [1.165, 1.54) is 3.71 Å². The number of aromatic nitrogens is 1. The number of aliphatic hydroxyl groups is 1. The van der Waals surface area contributed by atoms with Gasteiger partial charge < -0.3 is 0 Å². The molecule has 0 aliphatic carbocycles. The van der Waals surface area contributed by atoms with Gasteiger partial charge in [-0.3, -0.25) is 0 Å². The molecule has 0 bridgehead atoms. The third-order valence-corrected chi connectivity index (χ3v) is 7.47. The average molecular weight is 300 g/mol. The molecule has 0 unspecified atom stereocenters. The summed E-state index contributed by atoms with van der Waals surface area (Å²) in [6, 6.07) is 4.06. The molecule has 1 aromatic heterocycles. The van der Waals surface area contributed by atoms with Crippen LogP contribution in [-0.4, -0.2) is 28.5 Å². The summed E-state index contributed by atoms with van der Waals surface area (Å²) in [7, 11) is 0. The van der Waals surface area contributed by atoms with Crippen LogP contribution in [-0.2, 0) is 5.60 Å². The van der Waals surface area contributed by atoms with Crippen molar-refractivity contribution in [1.29, 1.82) is 0 Å². The molecule has 14 heavy (non-hydrogen) atoms. The molecular formula is C11H19NOSn. The topological polar surface area (TPSA) is 33.1 Å². The Balaban J connectivity index is 3.02. The summed E-state index contributed by atoms with van der Waals surface area (Å²) >= 11 is -2.01. The Morgan fingerprint density at radius 1 is 1.21 bits per heavy atom. The van der Waals surface area contributed by atoms with E-state index in [-0.39, 0.29) is 0 Å². The number of nitrogens with zero attached hydrogens (tertiary/aromatic N) is 1. The molecule has 0 aliphatic heterocycles. The van der Waals surface area contributed by atoms with Crippen LogP contribution >= 0.6 is 0 Å². The van der Waals surface area contributed by atoms with E-state index in [4.69, 9.17) is 0 Å². The molecule has 1 heterocycles. The Labute approximate surface area is 90.3 Å². The monoisotopic (exact) mass is 301 g/mol. The molecule has 78 valence electrons. The van der Waals surface area contributed by atoms with E-state index in [0.29, 0.717) is 0 Å². The quantitative estimate of drug-likeness (QED) is 0.846. The third-order valence-electron chi connectivity index (χ3n) is 2.24. The van der Waals surface area contributed by atoms with Crippen LogP contribution < -0.4 is 3.71 Å². The first-order valence-electron chi connectivity index (χ1n) is 4.90. The predicted octanol–water partition coefficient (Wildman–Crippen LogP) is 1.85. The van der Waals surface area contributed by atoms with Crippen LogP contribution in [0.25, 0.3) is 0 Å². The first kappa shape index (κ1) is 12.0. The molecular weight excluding hydrogens is 281 g/mol. The first-order chi connectivity index (χ1) is 6.21. The van der Waals surface area contributed by atoms with Crippen molar-refractivity contribution in [2.24, 2.45) is 0 Å². The maximum absolute atomic E-state index is 9.76. The minimum absolute atomic E-state index is 0.779. The summed E-state index contributed by atoms with van der Waals surface area (Å²) in [5.41, 5.74) is 0.107.